The molecule has 2 atom stereocenters. The fourth-order valence-corrected chi connectivity index (χ4v) is 4.40. The lowest BCUT2D eigenvalue weighted by Gasteiger charge is -2.34. The number of hydrogen-bond donors (Lipinski definition) is 6. The number of aromatic carboxylic acids is 3. The van der Waals surface area contributed by atoms with E-state index in [0.717, 1.165) is 12.1 Å². The number of aliphatic carboxylic acids is 1. The number of amides is 2. The number of nitrogens with one attached hydrogen (secondary N) is 2. The molecular weight excluding hydrogens is 548 g/mol. The summed E-state index contributed by atoms with van der Waals surface area (Å²) < 4.78 is 0. The van der Waals surface area contributed by atoms with Crippen LogP contribution in [-0.2, 0) is 14.4 Å². The van der Waals surface area contributed by atoms with Gasteiger partial charge in [0, 0.05) is 11.4 Å². The smallest absolute Gasteiger partial charge is 0.335 e. The minimum Gasteiger partial charge on any atom is -0.480 e. The van der Waals surface area contributed by atoms with Crippen LogP contribution in [0.1, 0.15) is 36.6 Å². The number of rotatable bonds is 9. The van der Waals surface area contributed by atoms with Gasteiger partial charge < -0.3 is 31.1 Å². The maximum Gasteiger partial charge on any atom is 0.335 e. The minimum absolute atomic E-state index is 0.0266. The van der Waals surface area contributed by atoms with Gasteiger partial charge in [-0.15, -0.1) is 0 Å². The third-order valence-corrected chi connectivity index (χ3v) is 6.58. The Morgan fingerprint density at radius 2 is 1.24 bits per heavy atom. The normalized spacial score (nSPS) is 17.4. The van der Waals surface area contributed by atoms with E-state index in [-0.39, 0.29) is 33.6 Å². The summed E-state index contributed by atoms with van der Waals surface area (Å²) in [6.45, 7) is 0. The first-order valence-electron chi connectivity index (χ1n) is 12.2. The first-order valence-corrected chi connectivity index (χ1v) is 12.2. The van der Waals surface area contributed by atoms with E-state index in [1.807, 2.05) is 0 Å². The number of carboxylic acid groups (broad SMARTS) is 4. The molecule has 1 aliphatic carbocycles. The van der Waals surface area contributed by atoms with Crippen LogP contribution in [0.5, 0.6) is 0 Å². The van der Waals surface area contributed by atoms with Crippen molar-refractivity contribution in [3.8, 4) is 0 Å². The molecule has 0 saturated carbocycles. The second-order valence-electron chi connectivity index (χ2n) is 9.20. The van der Waals surface area contributed by atoms with Gasteiger partial charge in [-0.2, -0.15) is 0 Å². The molecule has 0 heterocycles. The number of carbonyl (C=O) groups is 6. The van der Waals surface area contributed by atoms with Gasteiger partial charge in [-0.05, 0) is 65.7 Å². The summed E-state index contributed by atoms with van der Waals surface area (Å²) in [5.41, 5.74) is -2.13. The highest BCUT2D eigenvalue weighted by atomic mass is 16.4. The van der Waals surface area contributed by atoms with E-state index in [2.05, 4.69) is 10.6 Å². The molecule has 0 saturated heterocycles. The van der Waals surface area contributed by atoms with Gasteiger partial charge in [0.1, 0.15) is 0 Å². The molecule has 4 rings (SSSR count). The molecule has 3 aromatic carbocycles. The van der Waals surface area contributed by atoms with Crippen molar-refractivity contribution in [1.82, 2.24) is 0 Å². The summed E-state index contributed by atoms with van der Waals surface area (Å²) in [5, 5.41) is 43.1. The molecule has 0 spiro atoms. The van der Waals surface area contributed by atoms with E-state index in [9.17, 15) is 44.1 Å². The van der Waals surface area contributed by atoms with Crippen LogP contribution in [-0.4, -0.2) is 56.1 Å². The van der Waals surface area contributed by atoms with Gasteiger partial charge in [0.25, 0.3) is 0 Å². The molecule has 0 fully saturated rings. The molecule has 0 radical (unpaired) electrons. The predicted octanol–water partition coefficient (Wildman–Crippen LogP) is 3.70. The molecule has 12 nitrogen and oxygen atoms in total. The molecule has 212 valence electrons. The highest BCUT2D eigenvalue weighted by Gasteiger charge is 2.54. The van der Waals surface area contributed by atoms with Gasteiger partial charge in [0.2, 0.25) is 11.8 Å². The molecular formula is C30H22N2O10. The number of hydrogen-bond acceptors (Lipinski definition) is 6. The lowest BCUT2D eigenvalue weighted by atomic mass is 9.69. The van der Waals surface area contributed by atoms with Gasteiger partial charge in [0.15, 0.2) is 5.41 Å². The Balaban J connectivity index is 1.78. The summed E-state index contributed by atoms with van der Waals surface area (Å²) in [5.74, 6) is -9.17. The molecule has 42 heavy (non-hydrogen) atoms. The quantitative estimate of drug-likeness (QED) is 0.206. The van der Waals surface area contributed by atoms with Crippen LogP contribution < -0.4 is 10.6 Å². The van der Waals surface area contributed by atoms with E-state index in [0.29, 0.717) is 5.56 Å². The number of allylic oxidation sites excluding steroid dienone is 2. The average molecular weight is 571 g/mol. The van der Waals surface area contributed by atoms with Gasteiger partial charge in [0.05, 0.1) is 22.6 Å². The van der Waals surface area contributed by atoms with E-state index < -0.39 is 47.0 Å². The maximum absolute atomic E-state index is 13.6. The summed E-state index contributed by atoms with van der Waals surface area (Å²) in [6.07, 6.45) is 3.53. The summed E-state index contributed by atoms with van der Waals surface area (Å²) in [6, 6.07) is 15.8. The summed E-state index contributed by atoms with van der Waals surface area (Å²) >= 11 is 0. The van der Waals surface area contributed by atoms with Gasteiger partial charge in [-0.25, -0.2) is 14.4 Å². The van der Waals surface area contributed by atoms with Crippen LogP contribution in [0.25, 0.3) is 5.57 Å². The third kappa shape index (κ3) is 5.77. The fourth-order valence-electron chi connectivity index (χ4n) is 4.40. The second kappa shape index (κ2) is 11.6. The standard InChI is InChI=1S/C30H22N2O10/c33-24(31-21-9-7-16(8-10-21)25(34)35)23-15-18(17-3-1-4-19(13-17)26(36)37)11-12-30(23,29(41)42)28(40)32-22-6-2-5-20(14-22)27(38)39/h1-15,23H,(H,31,33)(H,32,40)(H,34,35)(H,36,37)(H,38,39)(H,41,42). The molecule has 6 N–H and O–H groups in total. The monoisotopic (exact) mass is 570 g/mol. The predicted molar refractivity (Wildman–Crippen MR) is 148 cm³/mol. The Hall–Kier alpha value is -6.04. The molecule has 0 aromatic heterocycles. The lowest BCUT2D eigenvalue weighted by Crippen LogP contribution is -2.51. The molecule has 2 amide bonds. The summed E-state index contributed by atoms with van der Waals surface area (Å²) in [7, 11) is 0. The van der Waals surface area contributed by atoms with Crippen molar-refractivity contribution >= 4 is 52.6 Å². The highest BCUT2D eigenvalue weighted by molar-refractivity contribution is 6.16. The van der Waals surface area contributed by atoms with E-state index >= 15 is 0 Å². The highest BCUT2D eigenvalue weighted by Crippen LogP contribution is 2.40. The molecule has 0 bridgehead atoms. The van der Waals surface area contributed by atoms with Crippen molar-refractivity contribution in [1.29, 1.82) is 0 Å². The summed E-state index contributed by atoms with van der Waals surface area (Å²) in [4.78, 5) is 74.1. The van der Waals surface area contributed by atoms with Crippen LogP contribution in [0, 0.1) is 11.3 Å². The fraction of sp³-hybridized carbons (Fsp3) is 0.0667. The first kappa shape index (κ1) is 29.0. The zero-order chi connectivity index (χ0) is 30.6. The topological polar surface area (TPSA) is 207 Å². The van der Waals surface area contributed by atoms with Crippen LogP contribution in [0.2, 0.25) is 0 Å². The van der Waals surface area contributed by atoms with E-state index in [1.165, 1.54) is 72.8 Å². The van der Waals surface area contributed by atoms with Crippen molar-refractivity contribution in [3.05, 3.63) is 113 Å². The van der Waals surface area contributed by atoms with Crippen LogP contribution in [0.15, 0.2) is 91.0 Å². The molecule has 0 aliphatic heterocycles. The van der Waals surface area contributed by atoms with Gasteiger partial charge in [-0.3, -0.25) is 14.4 Å². The molecule has 1 aliphatic rings. The molecule has 3 aromatic rings. The SMILES string of the molecule is O=C(O)c1ccc(NC(=O)C2C=C(c3cccc(C(=O)O)c3)C=CC2(C(=O)O)C(=O)Nc2cccc(C(=O)O)c2)cc1. The van der Waals surface area contributed by atoms with Gasteiger partial charge in [-0.1, -0.05) is 36.4 Å². The average Bonchev–Trinajstić information content (AvgIpc) is 2.97. The largest absolute Gasteiger partial charge is 0.480 e. The Bertz CT molecular complexity index is 1690. The number of anilines is 2. The van der Waals surface area contributed by atoms with E-state index in [4.69, 9.17) is 5.11 Å². The molecule has 2 unspecified atom stereocenters. The number of carbonyl (C=O) groups excluding carboxylic acids is 2. The Labute approximate surface area is 237 Å². The number of carboxylic acids is 4. The van der Waals surface area contributed by atoms with Crippen molar-refractivity contribution in [2.75, 3.05) is 10.6 Å². The van der Waals surface area contributed by atoms with Crippen LogP contribution >= 0.6 is 0 Å². The molecule has 12 heteroatoms. The number of benzene rings is 3. The van der Waals surface area contributed by atoms with Crippen molar-refractivity contribution < 1.29 is 49.2 Å². The van der Waals surface area contributed by atoms with E-state index in [1.54, 1.807) is 6.07 Å². The van der Waals surface area contributed by atoms with Crippen LogP contribution in [0.4, 0.5) is 11.4 Å². The Morgan fingerprint density at radius 3 is 1.83 bits per heavy atom. The minimum atomic E-state index is -2.53. The first-order chi connectivity index (χ1) is 19.9. The maximum atomic E-state index is 13.6. The second-order valence-corrected chi connectivity index (χ2v) is 9.20. The Morgan fingerprint density at radius 1 is 0.643 bits per heavy atom. The lowest BCUT2D eigenvalue weighted by molar-refractivity contribution is -0.155. The van der Waals surface area contributed by atoms with Crippen LogP contribution in [0.3, 0.4) is 0 Å². The zero-order valence-corrected chi connectivity index (χ0v) is 21.5. The van der Waals surface area contributed by atoms with Gasteiger partial charge >= 0.3 is 23.9 Å². The Kier molecular flexibility index (Phi) is 8.00. The van der Waals surface area contributed by atoms with Crippen molar-refractivity contribution in [2.45, 2.75) is 0 Å². The third-order valence-electron chi connectivity index (χ3n) is 6.58. The van der Waals surface area contributed by atoms with Crippen molar-refractivity contribution in [3.63, 3.8) is 0 Å². The van der Waals surface area contributed by atoms with Crippen molar-refractivity contribution in [2.24, 2.45) is 11.3 Å². The zero-order valence-electron chi connectivity index (χ0n) is 21.5.